The standard InChI is InChI=1S/C16H19O2P/c1-11-7-5-8-12(2)15(11)19(17,18)16-13(3)9-6-10-14(16)4/h5-10H,1-4H3,(H,17,18). The molecule has 3 heteroatoms. The fourth-order valence-corrected chi connectivity index (χ4v) is 5.11. The summed E-state index contributed by atoms with van der Waals surface area (Å²) in [7, 11) is -3.55. The Hall–Kier alpha value is -1.37. The molecule has 0 saturated heterocycles. The van der Waals surface area contributed by atoms with Gasteiger partial charge in [-0.1, -0.05) is 36.4 Å². The summed E-state index contributed by atoms with van der Waals surface area (Å²) < 4.78 is 13.1. The van der Waals surface area contributed by atoms with Crippen LogP contribution in [-0.4, -0.2) is 4.89 Å². The minimum absolute atomic E-state index is 0.576. The Kier molecular flexibility index (Phi) is 3.66. The van der Waals surface area contributed by atoms with Gasteiger partial charge < -0.3 is 4.89 Å². The molecule has 0 aromatic heterocycles. The van der Waals surface area contributed by atoms with Crippen molar-refractivity contribution >= 4 is 18.0 Å². The molecule has 19 heavy (non-hydrogen) atoms. The van der Waals surface area contributed by atoms with Gasteiger partial charge in [0, 0.05) is 10.6 Å². The van der Waals surface area contributed by atoms with Crippen LogP contribution in [0.1, 0.15) is 22.3 Å². The summed E-state index contributed by atoms with van der Waals surface area (Å²) in [6.07, 6.45) is 0. The molecular formula is C16H19O2P. The third-order valence-electron chi connectivity index (χ3n) is 3.49. The second-order valence-electron chi connectivity index (χ2n) is 5.06. The summed E-state index contributed by atoms with van der Waals surface area (Å²) in [6.45, 7) is 7.55. The highest BCUT2D eigenvalue weighted by atomic mass is 31.2. The summed E-state index contributed by atoms with van der Waals surface area (Å²) in [6, 6.07) is 11.4. The van der Waals surface area contributed by atoms with Gasteiger partial charge in [0.2, 0.25) is 0 Å². The maximum absolute atomic E-state index is 13.1. The second-order valence-corrected chi connectivity index (χ2v) is 7.10. The van der Waals surface area contributed by atoms with Crippen molar-refractivity contribution in [3.05, 3.63) is 58.7 Å². The van der Waals surface area contributed by atoms with Crippen LogP contribution in [0.5, 0.6) is 0 Å². The van der Waals surface area contributed by atoms with Crippen LogP contribution in [0.4, 0.5) is 0 Å². The maximum atomic E-state index is 13.1. The van der Waals surface area contributed by atoms with Crippen molar-refractivity contribution in [1.82, 2.24) is 0 Å². The smallest absolute Gasteiger partial charge is 0.259 e. The lowest BCUT2D eigenvalue weighted by molar-refractivity contribution is 0.500. The van der Waals surface area contributed by atoms with E-state index >= 15 is 0 Å². The van der Waals surface area contributed by atoms with Crippen molar-refractivity contribution in [3.8, 4) is 0 Å². The Labute approximate surface area is 114 Å². The predicted molar refractivity (Wildman–Crippen MR) is 80.9 cm³/mol. The number of rotatable bonds is 2. The van der Waals surface area contributed by atoms with Crippen molar-refractivity contribution in [3.63, 3.8) is 0 Å². The number of hydrogen-bond donors (Lipinski definition) is 1. The van der Waals surface area contributed by atoms with E-state index in [1.165, 1.54) is 0 Å². The molecule has 0 amide bonds. The molecule has 1 N–H and O–H groups in total. The lowest BCUT2D eigenvalue weighted by Gasteiger charge is -2.20. The molecule has 100 valence electrons. The zero-order valence-corrected chi connectivity index (χ0v) is 12.7. The van der Waals surface area contributed by atoms with E-state index < -0.39 is 7.37 Å². The summed E-state index contributed by atoms with van der Waals surface area (Å²) in [4.78, 5) is 10.7. The van der Waals surface area contributed by atoms with Gasteiger partial charge in [-0.05, 0) is 49.9 Å². The van der Waals surface area contributed by atoms with Crippen LogP contribution in [-0.2, 0) is 4.57 Å². The Morgan fingerprint density at radius 1 is 0.737 bits per heavy atom. The van der Waals surface area contributed by atoms with E-state index in [1.807, 2.05) is 64.1 Å². The quantitative estimate of drug-likeness (QED) is 0.854. The van der Waals surface area contributed by atoms with Crippen LogP contribution in [0.25, 0.3) is 0 Å². The van der Waals surface area contributed by atoms with Crippen molar-refractivity contribution < 1.29 is 9.46 Å². The van der Waals surface area contributed by atoms with Crippen molar-refractivity contribution in [2.45, 2.75) is 27.7 Å². The van der Waals surface area contributed by atoms with E-state index in [1.54, 1.807) is 0 Å². The average molecular weight is 274 g/mol. The van der Waals surface area contributed by atoms with Gasteiger partial charge in [0.25, 0.3) is 7.37 Å². The second kappa shape index (κ2) is 4.96. The van der Waals surface area contributed by atoms with Gasteiger partial charge in [0.1, 0.15) is 0 Å². The Morgan fingerprint density at radius 2 is 1.00 bits per heavy atom. The largest absolute Gasteiger partial charge is 0.338 e. The SMILES string of the molecule is Cc1cccc(C)c1P(=O)(O)c1c(C)cccc1C. The maximum Gasteiger partial charge on any atom is 0.259 e. The van der Waals surface area contributed by atoms with Crippen LogP contribution in [0, 0.1) is 27.7 Å². The van der Waals surface area contributed by atoms with Gasteiger partial charge >= 0.3 is 0 Å². The van der Waals surface area contributed by atoms with Crippen molar-refractivity contribution in [2.24, 2.45) is 0 Å². The Bertz CT molecular complexity index is 578. The highest BCUT2D eigenvalue weighted by Gasteiger charge is 2.30. The first-order valence-electron chi connectivity index (χ1n) is 6.32. The number of hydrogen-bond acceptors (Lipinski definition) is 1. The monoisotopic (exact) mass is 274 g/mol. The van der Waals surface area contributed by atoms with E-state index in [0.29, 0.717) is 10.6 Å². The first kappa shape index (κ1) is 14.0. The Balaban J connectivity index is 2.77. The molecule has 0 atom stereocenters. The van der Waals surface area contributed by atoms with Crippen LogP contribution < -0.4 is 10.6 Å². The van der Waals surface area contributed by atoms with Gasteiger partial charge in [0.05, 0.1) is 0 Å². The lowest BCUT2D eigenvalue weighted by Crippen LogP contribution is -2.24. The number of aryl methyl sites for hydroxylation is 4. The molecule has 0 bridgehead atoms. The molecule has 2 aromatic carbocycles. The van der Waals surface area contributed by atoms with E-state index in [2.05, 4.69) is 0 Å². The topological polar surface area (TPSA) is 37.3 Å². The van der Waals surface area contributed by atoms with E-state index in [0.717, 1.165) is 22.3 Å². The van der Waals surface area contributed by atoms with Gasteiger partial charge in [-0.15, -0.1) is 0 Å². The number of benzene rings is 2. The summed E-state index contributed by atoms with van der Waals surface area (Å²) >= 11 is 0. The normalized spacial score (nSPS) is 11.6. The van der Waals surface area contributed by atoms with E-state index in [-0.39, 0.29) is 0 Å². The highest BCUT2D eigenvalue weighted by Crippen LogP contribution is 2.42. The van der Waals surface area contributed by atoms with E-state index in [9.17, 15) is 9.46 Å². The molecule has 0 aliphatic carbocycles. The summed E-state index contributed by atoms with van der Waals surface area (Å²) in [5.41, 5.74) is 3.48. The van der Waals surface area contributed by atoms with Crippen molar-refractivity contribution in [1.29, 1.82) is 0 Å². The molecule has 0 spiro atoms. The minimum atomic E-state index is -3.55. The molecule has 0 radical (unpaired) electrons. The van der Waals surface area contributed by atoms with Gasteiger partial charge in [-0.3, -0.25) is 4.57 Å². The summed E-state index contributed by atoms with van der Waals surface area (Å²) in [5, 5.41) is 1.15. The molecule has 0 aliphatic heterocycles. The molecular weight excluding hydrogens is 255 g/mol. The lowest BCUT2D eigenvalue weighted by atomic mass is 10.1. The molecule has 0 unspecified atom stereocenters. The molecule has 2 rings (SSSR count). The minimum Gasteiger partial charge on any atom is -0.338 e. The molecule has 0 aliphatic rings. The van der Waals surface area contributed by atoms with Gasteiger partial charge in [0.15, 0.2) is 0 Å². The average Bonchev–Trinajstić information content (AvgIpc) is 2.27. The molecule has 0 fully saturated rings. The van der Waals surface area contributed by atoms with Crippen LogP contribution >= 0.6 is 7.37 Å². The van der Waals surface area contributed by atoms with Crippen LogP contribution in [0.3, 0.4) is 0 Å². The third kappa shape index (κ3) is 2.39. The zero-order valence-electron chi connectivity index (χ0n) is 11.8. The van der Waals surface area contributed by atoms with Gasteiger partial charge in [-0.25, -0.2) is 0 Å². The first-order valence-corrected chi connectivity index (χ1v) is 7.98. The third-order valence-corrected chi connectivity index (χ3v) is 6.11. The van der Waals surface area contributed by atoms with Crippen LogP contribution in [0.15, 0.2) is 36.4 Å². The fraction of sp³-hybridized carbons (Fsp3) is 0.250. The first-order chi connectivity index (χ1) is 8.85. The molecule has 2 aromatic rings. The zero-order chi connectivity index (χ0) is 14.2. The van der Waals surface area contributed by atoms with Crippen molar-refractivity contribution in [2.75, 3.05) is 0 Å². The molecule has 2 nitrogen and oxygen atoms in total. The fourth-order valence-electron chi connectivity index (χ4n) is 2.68. The molecule has 0 heterocycles. The van der Waals surface area contributed by atoms with Crippen LogP contribution in [0.2, 0.25) is 0 Å². The summed E-state index contributed by atoms with van der Waals surface area (Å²) in [5.74, 6) is 0. The predicted octanol–water partition coefficient (Wildman–Crippen LogP) is 3.14. The van der Waals surface area contributed by atoms with E-state index in [4.69, 9.17) is 0 Å². The molecule has 0 saturated carbocycles. The Morgan fingerprint density at radius 3 is 1.26 bits per heavy atom. The highest BCUT2D eigenvalue weighted by molar-refractivity contribution is 7.73. The van der Waals surface area contributed by atoms with Gasteiger partial charge in [-0.2, -0.15) is 0 Å².